The minimum Gasteiger partial charge on any atom is -0.299 e. The number of hydrogen-bond acceptors (Lipinski definition) is 5. The molecule has 0 bridgehead atoms. The highest BCUT2D eigenvalue weighted by molar-refractivity contribution is 8.15. The minimum absolute atomic E-state index is 0.0471. The molecule has 1 N–H and O–H groups in total. The maximum Gasteiger partial charge on any atom is 0.143 e. The zero-order chi connectivity index (χ0) is 11.7. The van der Waals surface area contributed by atoms with Crippen molar-refractivity contribution >= 4 is 33.9 Å². The van der Waals surface area contributed by atoms with E-state index in [1.54, 1.807) is 11.3 Å². The molecule has 0 aromatic carbocycles. The SMILES string of the molecule is CC(=O)[C@@H]1SC(=N)[C@H](C#N)[C@@H]1c1cccs1. The number of carbonyl (C=O) groups excluding carboxylic acids is 1. The summed E-state index contributed by atoms with van der Waals surface area (Å²) < 4.78 is 0. The summed E-state index contributed by atoms with van der Waals surface area (Å²) in [5.41, 5.74) is 0. The molecule has 2 rings (SSSR count). The van der Waals surface area contributed by atoms with E-state index < -0.39 is 5.92 Å². The monoisotopic (exact) mass is 250 g/mol. The van der Waals surface area contributed by atoms with Gasteiger partial charge in [0.25, 0.3) is 0 Å². The molecule has 0 saturated carbocycles. The van der Waals surface area contributed by atoms with Gasteiger partial charge in [0.15, 0.2) is 0 Å². The van der Waals surface area contributed by atoms with Crippen molar-refractivity contribution in [1.82, 2.24) is 0 Å². The molecule has 3 nitrogen and oxygen atoms in total. The standard InChI is InChI=1S/C11H10N2OS2/c1-6(14)10-9(8-3-2-4-15-8)7(5-12)11(13)16-10/h2-4,7,9-10,13H,1H3/t7-,9-,10+/m1/s1. The van der Waals surface area contributed by atoms with Crippen molar-refractivity contribution < 1.29 is 4.79 Å². The van der Waals surface area contributed by atoms with E-state index in [2.05, 4.69) is 6.07 Å². The highest BCUT2D eigenvalue weighted by atomic mass is 32.2. The van der Waals surface area contributed by atoms with Crippen LogP contribution in [0.5, 0.6) is 0 Å². The van der Waals surface area contributed by atoms with Crippen LogP contribution >= 0.6 is 23.1 Å². The number of nitrogens with one attached hydrogen (secondary N) is 1. The third-order valence-electron chi connectivity index (χ3n) is 2.63. The Morgan fingerprint density at radius 2 is 2.38 bits per heavy atom. The molecule has 5 heteroatoms. The lowest BCUT2D eigenvalue weighted by Gasteiger charge is -2.15. The van der Waals surface area contributed by atoms with Crippen LogP contribution in [-0.2, 0) is 4.79 Å². The van der Waals surface area contributed by atoms with E-state index in [9.17, 15) is 4.79 Å². The Bertz CT molecular complexity index is 461. The maximum atomic E-state index is 11.5. The smallest absolute Gasteiger partial charge is 0.143 e. The Morgan fingerprint density at radius 1 is 1.62 bits per heavy atom. The number of thioether (sulfide) groups is 1. The van der Waals surface area contributed by atoms with E-state index in [1.807, 2.05) is 17.5 Å². The number of Topliss-reactive ketones (excluding diaryl/α,β-unsaturated/α-hetero) is 1. The summed E-state index contributed by atoms with van der Waals surface area (Å²) in [5.74, 6) is -0.552. The van der Waals surface area contributed by atoms with Crippen LogP contribution in [0.15, 0.2) is 17.5 Å². The third-order valence-corrected chi connectivity index (χ3v) is 4.99. The highest BCUT2D eigenvalue weighted by Crippen LogP contribution is 2.46. The van der Waals surface area contributed by atoms with Crippen LogP contribution in [0.4, 0.5) is 0 Å². The van der Waals surface area contributed by atoms with Crippen molar-refractivity contribution in [2.75, 3.05) is 0 Å². The summed E-state index contributed by atoms with van der Waals surface area (Å²) in [4.78, 5) is 12.6. The van der Waals surface area contributed by atoms with Gasteiger partial charge in [0.2, 0.25) is 0 Å². The first kappa shape index (κ1) is 11.4. The summed E-state index contributed by atoms with van der Waals surface area (Å²) in [6.07, 6.45) is 0. The van der Waals surface area contributed by atoms with Gasteiger partial charge in [0.05, 0.1) is 16.4 Å². The molecule has 1 aliphatic rings. The fourth-order valence-corrected chi connectivity index (χ4v) is 4.11. The topological polar surface area (TPSA) is 64.7 Å². The summed E-state index contributed by atoms with van der Waals surface area (Å²) in [7, 11) is 0. The average Bonchev–Trinajstić information content (AvgIpc) is 2.83. The second-order valence-corrected chi connectivity index (χ2v) is 5.82. The van der Waals surface area contributed by atoms with Gasteiger partial charge in [-0.15, -0.1) is 11.3 Å². The molecule has 1 aromatic rings. The van der Waals surface area contributed by atoms with E-state index >= 15 is 0 Å². The molecule has 0 radical (unpaired) electrons. The zero-order valence-electron chi connectivity index (χ0n) is 8.64. The lowest BCUT2D eigenvalue weighted by atomic mass is 9.88. The van der Waals surface area contributed by atoms with Crippen molar-refractivity contribution in [3.05, 3.63) is 22.4 Å². The molecule has 1 aromatic heterocycles. The van der Waals surface area contributed by atoms with Gasteiger partial charge in [0, 0.05) is 10.8 Å². The second kappa shape index (κ2) is 4.40. The molecule has 0 aliphatic carbocycles. The van der Waals surface area contributed by atoms with Crippen molar-refractivity contribution in [2.45, 2.75) is 18.1 Å². The van der Waals surface area contributed by atoms with Crippen LogP contribution in [0.2, 0.25) is 0 Å². The Morgan fingerprint density at radius 3 is 2.88 bits per heavy atom. The molecule has 1 aliphatic heterocycles. The van der Waals surface area contributed by atoms with Crippen molar-refractivity contribution in [3.63, 3.8) is 0 Å². The lowest BCUT2D eigenvalue weighted by molar-refractivity contribution is -0.116. The van der Waals surface area contributed by atoms with Crippen molar-refractivity contribution in [3.8, 4) is 6.07 Å². The molecular formula is C11H10N2OS2. The number of hydrogen-bond donors (Lipinski definition) is 1. The normalized spacial score (nSPS) is 29.0. The summed E-state index contributed by atoms with van der Waals surface area (Å²) in [6.45, 7) is 1.53. The fraction of sp³-hybridized carbons (Fsp3) is 0.364. The predicted molar refractivity (Wildman–Crippen MR) is 65.9 cm³/mol. The number of thiophene rings is 1. The van der Waals surface area contributed by atoms with Crippen molar-refractivity contribution in [1.29, 1.82) is 10.7 Å². The first-order chi connectivity index (χ1) is 7.65. The third kappa shape index (κ3) is 1.79. The molecular weight excluding hydrogens is 240 g/mol. The Balaban J connectivity index is 2.41. The van der Waals surface area contributed by atoms with Gasteiger partial charge in [-0.3, -0.25) is 10.2 Å². The van der Waals surface area contributed by atoms with Gasteiger partial charge >= 0.3 is 0 Å². The zero-order valence-corrected chi connectivity index (χ0v) is 10.3. The molecule has 0 spiro atoms. The van der Waals surface area contributed by atoms with Gasteiger partial charge in [0.1, 0.15) is 11.7 Å². The van der Waals surface area contributed by atoms with Crippen LogP contribution in [0, 0.1) is 22.7 Å². The summed E-state index contributed by atoms with van der Waals surface area (Å²) in [5, 5.41) is 18.8. The van der Waals surface area contributed by atoms with E-state index in [4.69, 9.17) is 10.7 Å². The number of carbonyl (C=O) groups is 1. The molecule has 2 heterocycles. The molecule has 3 atom stereocenters. The van der Waals surface area contributed by atoms with Gasteiger partial charge in [-0.1, -0.05) is 17.8 Å². The molecule has 1 saturated heterocycles. The summed E-state index contributed by atoms with van der Waals surface area (Å²) in [6, 6.07) is 6.00. The van der Waals surface area contributed by atoms with E-state index in [0.717, 1.165) is 4.88 Å². The van der Waals surface area contributed by atoms with Crippen molar-refractivity contribution in [2.24, 2.45) is 5.92 Å². The maximum absolute atomic E-state index is 11.5. The minimum atomic E-state index is -0.461. The van der Waals surface area contributed by atoms with Gasteiger partial charge in [-0.25, -0.2) is 0 Å². The average molecular weight is 250 g/mol. The van der Waals surface area contributed by atoms with Crippen LogP contribution in [0.3, 0.4) is 0 Å². The molecule has 0 amide bonds. The second-order valence-electron chi connectivity index (χ2n) is 3.66. The fourth-order valence-electron chi connectivity index (χ4n) is 1.89. The highest BCUT2D eigenvalue weighted by Gasteiger charge is 2.44. The Kier molecular flexibility index (Phi) is 3.13. The number of ketones is 1. The Labute approximate surface area is 102 Å². The molecule has 16 heavy (non-hydrogen) atoms. The molecule has 0 unspecified atom stereocenters. The van der Waals surface area contributed by atoms with Crippen LogP contribution < -0.4 is 0 Å². The molecule has 82 valence electrons. The summed E-state index contributed by atoms with van der Waals surface area (Å²) >= 11 is 2.78. The van der Waals surface area contributed by atoms with E-state index in [0.29, 0.717) is 5.04 Å². The van der Waals surface area contributed by atoms with Crippen LogP contribution in [0.1, 0.15) is 17.7 Å². The number of rotatable bonds is 2. The predicted octanol–water partition coefficient (Wildman–Crippen LogP) is 2.65. The van der Waals surface area contributed by atoms with Gasteiger partial charge in [-0.05, 0) is 18.4 Å². The van der Waals surface area contributed by atoms with Crippen LogP contribution in [-0.4, -0.2) is 16.1 Å². The first-order valence-corrected chi connectivity index (χ1v) is 6.59. The number of nitriles is 1. The quantitative estimate of drug-likeness (QED) is 0.877. The van der Waals surface area contributed by atoms with Gasteiger partial charge < -0.3 is 0 Å². The van der Waals surface area contributed by atoms with Crippen LogP contribution in [0.25, 0.3) is 0 Å². The number of nitrogens with zero attached hydrogens (tertiary/aromatic N) is 1. The van der Waals surface area contributed by atoms with E-state index in [1.165, 1.54) is 18.7 Å². The van der Waals surface area contributed by atoms with E-state index in [-0.39, 0.29) is 17.0 Å². The largest absolute Gasteiger partial charge is 0.299 e. The molecule has 1 fully saturated rings. The first-order valence-electron chi connectivity index (χ1n) is 4.83. The Hall–Kier alpha value is -1.12. The van der Waals surface area contributed by atoms with Gasteiger partial charge in [-0.2, -0.15) is 5.26 Å². The lowest BCUT2D eigenvalue weighted by Crippen LogP contribution is -2.21.